The predicted molar refractivity (Wildman–Crippen MR) is 69.8 cm³/mol. The molecule has 100 valence electrons. The Hall–Kier alpha value is -2.30. The smallest absolute Gasteiger partial charge is 0.414 e. The predicted octanol–water partition coefficient (Wildman–Crippen LogP) is 2.13. The van der Waals surface area contributed by atoms with Crippen molar-refractivity contribution in [2.75, 3.05) is 18.1 Å². The van der Waals surface area contributed by atoms with Gasteiger partial charge in [0.25, 0.3) is 0 Å². The van der Waals surface area contributed by atoms with E-state index in [-0.39, 0.29) is 19.3 Å². The van der Waals surface area contributed by atoms with Gasteiger partial charge >= 0.3 is 12.1 Å². The van der Waals surface area contributed by atoms with Gasteiger partial charge < -0.3 is 9.47 Å². The van der Waals surface area contributed by atoms with Gasteiger partial charge in [-0.3, -0.25) is 4.90 Å². The molecule has 1 fully saturated rings. The lowest BCUT2D eigenvalue weighted by Crippen LogP contribution is -2.37. The molecule has 1 heterocycles. The maximum absolute atomic E-state index is 11.7. The zero-order chi connectivity index (χ0) is 13.8. The first-order valence-electron chi connectivity index (χ1n) is 5.93. The molecule has 1 aromatic rings. The molecule has 1 atom stereocenters. The van der Waals surface area contributed by atoms with Gasteiger partial charge in [-0.25, -0.2) is 9.59 Å². The van der Waals surface area contributed by atoms with Crippen molar-refractivity contribution in [2.24, 2.45) is 0 Å². The van der Waals surface area contributed by atoms with Gasteiger partial charge in [-0.2, -0.15) is 0 Å². The fourth-order valence-corrected chi connectivity index (χ4v) is 1.78. The van der Waals surface area contributed by atoms with Crippen LogP contribution in [0, 0.1) is 0 Å². The van der Waals surface area contributed by atoms with Crippen molar-refractivity contribution in [1.29, 1.82) is 0 Å². The highest BCUT2D eigenvalue weighted by Gasteiger charge is 2.35. The molecular weight excluding hydrogens is 246 g/mol. The molecular formula is C14H15NO4. The number of carbonyl (C=O) groups excluding carboxylic acids is 2. The first-order valence-corrected chi connectivity index (χ1v) is 5.93. The van der Waals surface area contributed by atoms with Crippen molar-refractivity contribution in [3.05, 3.63) is 42.5 Å². The second kappa shape index (κ2) is 5.56. The fourth-order valence-electron chi connectivity index (χ4n) is 1.78. The minimum absolute atomic E-state index is 0.0896. The number of carbonyl (C=O) groups is 2. The number of rotatable bonds is 4. The van der Waals surface area contributed by atoms with E-state index < -0.39 is 12.1 Å². The molecule has 0 N–H and O–H groups in total. The molecule has 1 aliphatic rings. The molecule has 1 aromatic carbocycles. The Bertz CT molecular complexity index is 497. The third kappa shape index (κ3) is 2.93. The summed E-state index contributed by atoms with van der Waals surface area (Å²) in [6, 6.07) is 8.83. The van der Waals surface area contributed by atoms with Gasteiger partial charge in [-0.05, 0) is 19.1 Å². The molecule has 0 saturated carbocycles. The van der Waals surface area contributed by atoms with Crippen LogP contribution in [0.2, 0.25) is 0 Å². The van der Waals surface area contributed by atoms with Gasteiger partial charge in [0, 0.05) is 11.3 Å². The highest BCUT2D eigenvalue weighted by atomic mass is 16.6. The summed E-state index contributed by atoms with van der Waals surface area (Å²) < 4.78 is 10.1. The van der Waals surface area contributed by atoms with Crippen LogP contribution < -0.4 is 4.90 Å². The van der Waals surface area contributed by atoms with Gasteiger partial charge in [0.1, 0.15) is 19.3 Å². The molecule has 1 unspecified atom stereocenters. The Morgan fingerprint density at radius 1 is 1.47 bits per heavy atom. The third-order valence-corrected chi connectivity index (χ3v) is 2.75. The van der Waals surface area contributed by atoms with Crippen LogP contribution in [-0.2, 0) is 14.3 Å². The Kier molecular flexibility index (Phi) is 3.85. The quantitative estimate of drug-likeness (QED) is 0.615. The molecule has 19 heavy (non-hydrogen) atoms. The normalized spacial score (nSPS) is 18.1. The van der Waals surface area contributed by atoms with Crippen molar-refractivity contribution < 1.29 is 19.1 Å². The molecule has 0 radical (unpaired) electrons. The molecule has 5 nitrogen and oxygen atoms in total. The molecule has 0 aromatic heterocycles. The number of benzene rings is 1. The summed E-state index contributed by atoms with van der Waals surface area (Å²) in [5.74, 6) is -0.465. The summed E-state index contributed by atoms with van der Waals surface area (Å²) in [5, 5.41) is 0. The molecule has 1 amide bonds. The zero-order valence-electron chi connectivity index (χ0n) is 10.7. The van der Waals surface area contributed by atoms with E-state index in [1.165, 1.54) is 4.90 Å². The number of ether oxygens (including phenoxy) is 2. The van der Waals surface area contributed by atoms with Gasteiger partial charge in [-0.1, -0.05) is 24.8 Å². The molecule has 2 rings (SSSR count). The van der Waals surface area contributed by atoms with Crippen molar-refractivity contribution in [1.82, 2.24) is 0 Å². The number of amides is 1. The number of nitrogens with zero attached hydrogens (tertiary/aromatic N) is 1. The Morgan fingerprint density at radius 2 is 2.16 bits per heavy atom. The number of hydrogen-bond acceptors (Lipinski definition) is 4. The van der Waals surface area contributed by atoms with Crippen LogP contribution in [0.4, 0.5) is 10.5 Å². The van der Waals surface area contributed by atoms with E-state index in [0.717, 1.165) is 5.69 Å². The summed E-state index contributed by atoms with van der Waals surface area (Å²) in [5.41, 5.74) is 1.05. The maximum Gasteiger partial charge on any atom is 0.414 e. The van der Waals surface area contributed by atoms with Crippen LogP contribution in [0.15, 0.2) is 42.5 Å². The van der Waals surface area contributed by atoms with Gasteiger partial charge in [-0.15, -0.1) is 0 Å². The number of esters is 1. The van der Waals surface area contributed by atoms with E-state index in [0.29, 0.717) is 5.57 Å². The number of cyclic esters (lactones) is 1. The summed E-state index contributed by atoms with van der Waals surface area (Å²) in [4.78, 5) is 24.6. The van der Waals surface area contributed by atoms with Crippen LogP contribution in [0.1, 0.15) is 6.92 Å². The largest absolute Gasteiger partial charge is 0.460 e. The molecule has 1 aliphatic heterocycles. The van der Waals surface area contributed by atoms with E-state index in [1.54, 1.807) is 19.1 Å². The van der Waals surface area contributed by atoms with Crippen molar-refractivity contribution in [3.63, 3.8) is 0 Å². The summed E-state index contributed by atoms with van der Waals surface area (Å²) in [6.07, 6.45) is -0.428. The minimum atomic E-state index is -0.465. The molecule has 0 spiro atoms. The molecule has 5 heteroatoms. The zero-order valence-corrected chi connectivity index (χ0v) is 10.7. The second-order valence-corrected chi connectivity index (χ2v) is 4.32. The van der Waals surface area contributed by atoms with Crippen molar-refractivity contribution in [2.45, 2.75) is 13.0 Å². The molecule has 1 saturated heterocycles. The highest BCUT2D eigenvalue weighted by molar-refractivity contribution is 5.90. The van der Waals surface area contributed by atoms with E-state index in [2.05, 4.69) is 6.58 Å². The van der Waals surface area contributed by atoms with Gasteiger partial charge in [0.15, 0.2) is 0 Å². The van der Waals surface area contributed by atoms with E-state index in [1.807, 2.05) is 18.2 Å². The van der Waals surface area contributed by atoms with Gasteiger partial charge in [0.2, 0.25) is 0 Å². The lowest BCUT2D eigenvalue weighted by Gasteiger charge is -2.21. The Labute approximate surface area is 111 Å². The number of para-hydroxylation sites is 1. The SMILES string of the molecule is C=C(C)C(=O)OCC1COC(=O)N1c1ccccc1. The lowest BCUT2D eigenvalue weighted by atomic mass is 10.2. The van der Waals surface area contributed by atoms with E-state index in [4.69, 9.17) is 9.47 Å². The molecule has 0 aliphatic carbocycles. The van der Waals surface area contributed by atoms with Crippen LogP contribution in [0.5, 0.6) is 0 Å². The number of anilines is 1. The highest BCUT2D eigenvalue weighted by Crippen LogP contribution is 2.22. The van der Waals surface area contributed by atoms with Crippen molar-refractivity contribution in [3.8, 4) is 0 Å². The van der Waals surface area contributed by atoms with Crippen LogP contribution in [-0.4, -0.2) is 31.3 Å². The topological polar surface area (TPSA) is 55.8 Å². The van der Waals surface area contributed by atoms with Crippen LogP contribution in [0.25, 0.3) is 0 Å². The first-order chi connectivity index (χ1) is 9.09. The van der Waals surface area contributed by atoms with Crippen molar-refractivity contribution >= 4 is 17.7 Å². The minimum Gasteiger partial charge on any atom is -0.460 e. The Balaban J connectivity index is 2.06. The lowest BCUT2D eigenvalue weighted by molar-refractivity contribution is -0.139. The third-order valence-electron chi connectivity index (χ3n) is 2.75. The van der Waals surface area contributed by atoms with Crippen LogP contribution in [0.3, 0.4) is 0 Å². The molecule has 0 bridgehead atoms. The maximum atomic E-state index is 11.7. The first kappa shape index (κ1) is 13.1. The Morgan fingerprint density at radius 3 is 2.79 bits per heavy atom. The monoisotopic (exact) mass is 261 g/mol. The van der Waals surface area contributed by atoms with Crippen LogP contribution >= 0.6 is 0 Å². The fraction of sp³-hybridized carbons (Fsp3) is 0.286. The number of hydrogen-bond donors (Lipinski definition) is 0. The average Bonchev–Trinajstić information content (AvgIpc) is 2.78. The van der Waals surface area contributed by atoms with E-state index >= 15 is 0 Å². The summed E-state index contributed by atoms with van der Waals surface area (Å²) in [6.45, 7) is 5.38. The van der Waals surface area contributed by atoms with Gasteiger partial charge in [0.05, 0.1) is 0 Å². The standard InChI is InChI=1S/C14H15NO4/c1-10(2)13(16)18-8-12-9-19-14(17)15(12)11-6-4-3-5-7-11/h3-7,12H,1,8-9H2,2H3. The summed E-state index contributed by atoms with van der Waals surface area (Å²) >= 11 is 0. The summed E-state index contributed by atoms with van der Waals surface area (Å²) in [7, 11) is 0. The average molecular weight is 261 g/mol. The second-order valence-electron chi connectivity index (χ2n) is 4.32. The van der Waals surface area contributed by atoms with E-state index in [9.17, 15) is 9.59 Å².